The van der Waals surface area contributed by atoms with Crippen LogP contribution in [0.1, 0.15) is 28.1 Å². The first-order valence-electron chi connectivity index (χ1n) is 8.70. The van der Waals surface area contributed by atoms with Gasteiger partial charge in [0.25, 0.3) is 5.56 Å². The van der Waals surface area contributed by atoms with Crippen molar-refractivity contribution >= 4 is 11.6 Å². The number of hydrogen-bond acceptors (Lipinski definition) is 5. The fraction of sp³-hybridized carbons (Fsp3) is 0.286. The van der Waals surface area contributed by atoms with Crippen LogP contribution in [0.4, 0.5) is 0 Å². The zero-order valence-electron chi connectivity index (χ0n) is 15.9. The van der Waals surface area contributed by atoms with Crippen LogP contribution in [0.5, 0.6) is 5.75 Å². The van der Waals surface area contributed by atoms with Crippen molar-refractivity contribution in [1.29, 1.82) is 0 Å². The molecule has 2 aromatic heterocycles. The molecule has 0 fully saturated rings. The topological polar surface area (TPSA) is 69.9 Å². The lowest BCUT2D eigenvalue weighted by molar-refractivity contribution is -0.147. The molecule has 3 rings (SSSR count). The van der Waals surface area contributed by atoms with Crippen molar-refractivity contribution in [2.75, 3.05) is 6.61 Å². The summed E-state index contributed by atoms with van der Waals surface area (Å²) < 4.78 is 12.3. The molecule has 0 radical (unpaired) electrons. The summed E-state index contributed by atoms with van der Waals surface area (Å²) in [6.07, 6.45) is 0. The molecule has 27 heavy (non-hydrogen) atoms. The van der Waals surface area contributed by atoms with Crippen molar-refractivity contribution in [2.24, 2.45) is 0 Å². The van der Waals surface area contributed by atoms with Crippen molar-refractivity contribution in [1.82, 2.24) is 9.38 Å². The van der Waals surface area contributed by atoms with Gasteiger partial charge in [0, 0.05) is 11.8 Å². The predicted molar refractivity (Wildman–Crippen MR) is 102 cm³/mol. The first-order chi connectivity index (χ1) is 12.8. The SMILES string of the molecule is Cc1cc(C)c(OCC(=O)OCc2cc(=O)n3c(C)cccc3n2)c(C)c1. The summed E-state index contributed by atoms with van der Waals surface area (Å²) >= 11 is 0. The molecule has 0 aliphatic carbocycles. The summed E-state index contributed by atoms with van der Waals surface area (Å²) in [6, 6.07) is 10.8. The molecule has 0 aliphatic heterocycles. The number of hydrogen-bond donors (Lipinski definition) is 0. The predicted octanol–water partition coefficient (Wildman–Crippen LogP) is 3.05. The summed E-state index contributed by atoms with van der Waals surface area (Å²) in [5, 5.41) is 0. The van der Waals surface area contributed by atoms with E-state index in [9.17, 15) is 9.59 Å². The van der Waals surface area contributed by atoms with Crippen molar-refractivity contribution < 1.29 is 14.3 Å². The highest BCUT2D eigenvalue weighted by Crippen LogP contribution is 2.24. The maximum atomic E-state index is 12.2. The summed E-state index contributed by atoms with van der Waals surface area (Å²) in [4.78, 5) is 28.6. The number of pyridine rings is 1. The van der Waals surface area contributed by atoms with Gasteiger partial charge < -0.3 is 9.47 Å². The maximum absolute atomic E-state index is 12.2. The minimum Gasteiger partial charge on any atom is -0.481 e. The van der Waals surface area contributed by atoms with E-state index in [0.29, 0.717) is 17.1 Å². The van der Waals surface area contributed by atoms with Gasteiger partial charge in [0.2, 0.25) is 0 Å². The number of benzene rings is 1. The van der Waals surface area contributed by atoms with E-state index in [4.69, 9.17) is 9.47 Å². The van der Waals surface area contributed by atoms with Gasteiger partial charge in [-0.15, -0.1) is 0 Å². The summed E-state index contributed by atoms with van der Waals surface area (Å²) in [7, 11) is 0. The van der Waals surface area contributed by atoms with Crippen LogP contribution in [-0.4, -0.2) is 22.0 Å². The number of carbonyl (C=O) groups is 1. The molecule has 140 valence electrons. The van der Waals surface area contributed by atoms with E-state index in [1.54, 1.807) is 6.07 Å². The Hall–Kier alpha value is -3.15. The third-order valence-electron chi connectivity index (χ3n) is 4.25. The standard InChI is InChI=1S/C21H22N2O4/c1-13-8-14(2)21(15(3)9-13)27-12-20(25)26-11-17-10-19(24)23-16(4)6-5-7-18(23)22-17/h5-10H,11-12H2,1-4H3. The molecule has 1 aromatic carbocycles. The molecule has 0 saturated carbocycles. The number of nitrogens with zero attached hydrogens (tertiary/aromatic N) is 2. The summed E-state index contributed by atoms with van der Waals surface area (Å²) in [5.41, 5.74) is 4.61. The van der Waals surface area contributed by atoms with Crippen LogP contribution in [0.3, 0.4) is 0 Å². The van der Waals surface area contributed by atoms with Gasteiger partial charge in [-0.25, -0.2) is 9.78 Å². The Labute approximate surface area is 157 Å². The third kappa shape index (κ3) is 4.16. The normalized spacial score (nSPS) is 10.8. The molecule has 0 unspecified atom stereocenters. The van der Waals surface area contributed by atoms with Gasteiger partial charge in [0.1, 0.15) is 18.0 Å². The van der Waals surface area contributed by atoms with Gasteiger partial charge in [-0.05, 0) is 51.0 Å². The monoisotopic (exact) mass is 366 g/mol. The average molecular weight is 366 g/mol. The molecule has 0 aliphatic rings. The highest BCUT2D eigenvalue weighted by Gasteiger charge is 2.11. The van der Waals surface area contributed by atoms with E-state index in [1.807, 2.05) is 52.0 Å². The number of carbonyl (C=O) groups excluding carboxylic acids is 1. The Morgan fingerprint density at radius 1 is 1.07 bits per heavy atom. The van der Waals surface area contributed by atoms with E-state index in [-0.39, 0.29) is 18.8 Å². The maximum Gasteiger partial charge on any atom is 0.344 e. The van der Waals surface area contributed by atoms with Crippen LogP contribution >= 0.6 is 0 Å². The summed E-state index contributed by atoms with van der Waals surface area (Å²) in [5.74, 6) is 0.177. The first-order valence-corrected chi connectivity index (χ1v) is 8.70. The van der Waals surface area contributed by atoms with E-state index >= 15 is 0 Å². The minimum absolute atomic E-state index is 0.0757. The van der Waals surface area contributed by atoms with Gasteiger partial charge >= 0.3 is 5.97 Å². The van der Waals surface area contributed by atoms with Crippen molar-refractivity contribution in [3.8, 4) is 5.75 Å². The highest BCUT2D eigenvalue weighted by atomic mass is 16.6. The molecule has 0 saturated heterocycles. The number of aryl methyl sites for hydroxylation is 4. The number of rotatable bonds is 5. The van der Waals surface area contributed by atoms with Crippen LogP contribution in [0.2, 0.25) is 0 Å². The number of fused-ring (bicyclic) bond motifs is 1. The van der Waals surface area contributed by atoms with Crippen molar-refractivity contribution in [3.05, 3.63) is 74.8 Å². The van der Waals surface area contributed by atoms with E-state index in [0.717, 1.165) is 22.4 Å². The molecule has 0 amide bonds. The minimum atomic E-state index is -0.513. The molecule has 2 heterocycles. The largest absolute Gasteiger partial charge is 0.481 e. The number of ether oxygens (including phenoxy) is 2. The molecule has 0 spiro atoms. The molecular formula is C21H22N2O4. The number of aromatic nitrogens is 2. The van der Waals surface area contributed by atoms with E-state index in [1.165, 1.54) is 10.5 Å². The van der Waals surface area contributed by atoms with Gasteiger partial charge in [-0.1, -0.05) is 23.8 Å². The second-order valence-corrected chi connectivity index (χ2v) is 6.62. The molecule has 0 atom stereocenters. The van der Waals surface area contributed by atoms with Crippen LogP contribution in [0, 0.1) is 27.7 Å². The van der Waals surface area contributed by atoms with Crippen LogP contribution in [0.25, 0.3) is 5.65 Å². The molecule has 6 heteroatoms. The Morgan fingerprint density at radius 3 is 2.48 bits per heavy atom. The Kier molecular flexibility index (Phi) is 5.26. The van der Waals surface area contributed by atoms with E-state index in [2.05, 4.69) is 4.98 Å². The van der Waals surface area contributed by atoms with E-state index < -0.39 is 5.97 Å². The van der Waals surface area contributed by atoms with Crippen molar-refractivity contribution in [3.63, 3.8) is 0 Å². The van der Waals surface area contributed by atoms with Gasteiger partial charge in [0.05, 0.1) is 5.69 Å². The molecular weight excluding hydrogens is 344 g/mol. The lowest BCUT2D eigenvalue weighted by Gasteiger charge is -2.13. The average Bonchev–Trinajstić information content (AvgIpc) is 2.58. The molecule has 0 bridgehead atoms. The van der Waals surface area contributed by atoms with Gasteiger partial charge in [0.15, 0.2) is 6.61 Å². The number of esters is 1. The quantitative estimate of drug-likeness (QED) is 0.649. The zero-order chi connectivity index (χ0) is 19.6. The highest BCUT2D eigenvalue weighted by molar-refractivity contribution is 5.71. The van der Waals surface area contributed by atoms with Gasteiger partial charge in [-0.3, -0.25) is 9.20 Å². The first kappa shape index (κ1) is 18.6. The summed E-state index contributed by atoms with van der Waals surface area (Å²) in [6.45, 7) is 7.45. The Balaban J connectivity index is 1.65. The van der Waals surface area contributed by atoms with Gasteiger partial charge in [-0.2, -0.15) is 0 Å². The lowest BCUT2D eigenvalue weighted by atomic mass is 10.1. The molecule has 6 nitrogen and oxygen atoms in total. The van der Waals surface area contributed by atoms with Crippen LogP contribution in [-0.2, 0) is 16.1 Å². The van der Waals surface area contributed by atoms with Crippen molar-refractivity contribution in [2.45, 2.75) is 34.3 Å². The second-order valence-electron chi connectivity index (χ2n) is 6.62. The lowest BCUT2D eigenvalue weighted by Crippen LogP contribution is -2.20. The fourth-order valence-corrected chi connectivity index (χ4v) is 3.16. The zero-order valence-corrected chi connectivity index (χ0v) is 15.9. The Bertz CT molecular complexity index is 1050. The van der Waals surface area contributed by atoms with Crippen LogP contribution in [0.15, 0.2) is 41.2 Å². The van der Waals surface area contributed by atoms with Crippen LogP contribution < -0.4 is 10.3 Å². The third-order valence-corrected chi connectivity index (χ3v) is 4.25. The Morgan fingerprint density at radius 2 is 1.78 bits per heavy atom. The second kappa shape index (κ2) is 7.61. The fourth-order valence-electron chi connectivity index (χ4n) is 3.16. The molecule has 0 N–H and O–H groups in total. The molecule has 3 aromatic rings. The smallest absolute Gasteiger partial charge is 0.344 e.